The molecule has 2 N–H and O–H groups in total. The first-order chi connectivity index (χ1) is 15.3. The lowest BCUT2D eigenvalue weighted by Crippen LogP contribution is -2.16. The number of sulfonamides is 1. The number of nitrogens with one attached hydrogen (secondary N) is 2. The van der Waals surface area contributed by atoms with Crippen LogP contribution in [0.5, 0.6) is 5.75 Å². The van der Waals surface area contributed by atoms with Crippen LogP contribution in [0.1, 0.15) is 41.5 Å². The summed E-state index contributed by atoms with van der Waals surface area (Å²) in [5.74, 6) is 0.330. The van der Waals surface area contributed by atoms with Crippen molar-refractivity contribution in [3.63, 3.8) is 0 Å². The van der Waals surface area contributed by atoms with Crippen molar-refractivity contribution in [2.24, 2.45) is 0 Å². The number of rotatable bonds is 9. The number of hydrogen-bond acceptors (Lipinski definition) is 6. The van der Waals surface area contributed by atoms with Gasteiger partial charge in [-0.15, -0.1) is 0 Å². The first kappa shape index (κ1) is 23.2. The number of benzene rings is 2. The van der Waals surface area contributed by atoms with Crippen LogP contribution in [0.15, 0.2) is 59.5 Å². The first-order valence-corrected chi connectivity index (χ1v) is 11.7. The molecule has 0 aliphatic rings. The van der Waals surface area contributed by atoms with Crippen molar-refractivity contribution in [1.29, 1.82) is 0 Å². The van der Waals surface area contributed by atoms with Crippen LogP contribution in [-0.4, -0.2) is 30.9 Å². The van der Waals surface area contributed by atoms with Crippen molar-refractivity contribution in [3.8, 4) is 5.75 Å². The Kier molecular flexibility index (Phi) is 7.42. The lowest BCUT2D eigenvalue weighted by atomic mass is 10.2. The van der Waals surface area contributed by atoms with E-state index in [1.165, 1.54) is 24.3 Å². The maximum Gasteiger partial charge on any atom is 0.264 e. The van der Waals surface area contributed by atoms with Crippen LogP contribution in [0, 0.1) is 13.8 Å². The Labute approximate surface area is 188 Å². The zero-order valence-corrected chi connectivity index (χ0v) is 19.1. The fourth-order valence-corrected chi connectivity index (χ4v) is 3.88. The summed E-state index contributed by atoms with van der Waals surface area (Å²) < 4.78 is 33.3. The molecule has 1 aromatic heterocycles. The molecule has 8 nitrogen and oxygen atoms in total. The van der Waals surface area contributed by atoms with E-state index in [2.05, 4.69) is 26.9 Å². The third-order valence-electron chi connectivity index (χ3n) is 4.49. The second kappa shape index (κ2) is 10.2. The van der Waals surface area contributed by atoms with Gasteiger partial charge in [0.05, 0.1) is 11.5 Å². The van der Waals surface area contributed by atoms with Crippen molar-refractivity contribution in [2.75, 3.05) is 16.6 Å². The zero-order valence-electron chi connectivity index (χ0n) is 18.3. The highest BCUT2D eigenvalue weighted by atomic mass is 32.2. The van der Waals surface area contributed by atoms with Crippen LogP contribution in [0.4, 0.5) is 11.6 Å². The van der Waals surface area contributed by atoms with E-state index in [4.69, 9.17) is 4.74 Å². The molecule has 3 aromatic rings. The minimum atomic E-state index is -3.87. The van der Waals surface area contributed by atoms with Crippen molar-refractivity contribution in [1.82, 2.24) is 9.97 Å². The zero-order chi connectivity index (χ0) is 23.1. The summed E-state index contributed by atoms with van der Waals surface area (Å²) in [6.07, 6.45) is 1.97. The average molecular weight is 455 g/mol. The molecule has 0 spiro atoms. The highest BCUT2D eigenvalue weighted by Gasteiger charge is 2.16. The topological polar surface area (TPSA) is 110 Å². The number of aromatic nitrogens is 2. The standard InChI is InChI=1S/C23H26N4O4S/c1-4-5-13-31-20-8-6-7-18(15-20)22(28)26-19-9-11-21(12-10-19)32(29,30)27-23-24-16(2)14-17(3)25-23/h6-12,14-15H,4-5,13H2,1-3H3,(H,26,28)(H,24,25,27). The summed E-state index contributed by atoms with van der Waals surface area (Å²) in [5, 5.41) is 2.76. The highest BCUT2D eigenvalue weighted by molar-refractivity contribution is 7.92. The predicted molar refractivity (Wildman–Crippen MR) is 124 cm³/mol. The van der Waals surface area contributed by atoms with Crippen LogP contribution in [0.25, 0.3) is 0 Å². The maximum absolute atomic E-state index is 12.6. The summed E-state index contributed by atoms with van der Waals surface area (Å²) in [7, 11) is -3.87. The van der Waals surface area contributed by atoms with Gasteiger partial charge >= 0.3 is 0 Å². The normalized spacial score (nSPS) is 11.1. The van der Waals surface area contributed by atoms with Gasteiger partial charge in [0, 0.05) is 22.6 Å². The molecule has 9 heteroatoms. The number of unbranched alkanes of at least 4 members (excludes halogenated alkanes) is 1. The summed E-state index contributed by atoms with van der Waals surface area (Å²) in [6.45, 7) is 6.20. The van der Waals surface area contributed by atoms with Crippen molar-refractivity contribution in [2.45, 2.75) is 38.5 Å². The molecule has 3 rings (SSSR count). The van der Waals surface area contributed by atoms with Gasteiger partial charge in [-0.2, -0.15) is 0 Å². The van der Waals surface area contributed by atoms with Gasteiger partial charge in [-0.25, -0.2) is 23.1 Å². The lowest BCUT2D eigenvalue weighted by molar-refractivity contribution is 0.102. The molecule has 1 amide bonds. The molecule has 168 valence electrons. The second-order valence-corrected chi connectivity index (χ2v) is 8.97. The summed E-state index contributed by atoms with van der Waals surface area (Å²) in [6, 6.07) is 14.5. The molecule has 32 heavy (non-hydrogen) atoms. The number of amides is 1. The van der Waals surface area contributed by atoms with Gasteiger partial charge in [-0.1, -0.05) is 19.4 Å². The lowest BCUT2D eigenvalue weighted by Gasteiger charge is -2.10. The molecule has 0 unspecified atom stereocenters. The van der Waals surface area contributed by atoms with E-state index in [1.807, 2.05) is 0 Å². The van der Waals surface area contributed by atoms with Crippen molar-refractivity contribution >= 4 is 27.6 Å². The van der Waals surface area contributed by atoms with E-state index in [0.29, 0.717) is 35.0 Å². The molecule has 0 saturated heterocycles. The van der Waals surface area contributed by atoms with E-state index in [0.717, 1.165) is 12.8 Å². The maximum atomic E-state index is 12.6. The number of ether oxygens (including phenoxy) is 1. The summed E-state index contributed by atoms with van der Waals surface area (Å²) in [4.78, 5) is 20.8. The van der Waals surface area contributed by atoms with Gasteiger partial charge in [0.15, 0.2) is 0 Å². The van der Waals surface area contributed by atoms with Crippen LogP contribution in [0.3, 0.4) is 0 Å². The molecule has 0 atom stereocenters. The Hall–Kier alpha value is -3.46. The van der Waals surface area contributed by atoms with Crippen LogP contribution in [-0.2, 0) is 10.0 Å². The first-order valence-electron chi connectivity index (χ1n) is 10.3. The van der Waals surface area contributed by atoms with Crippen LogP contribution >= 0.6 is 0 Å². The molecule has 2 aromatic carbocycles. The summed E-state index contributed by atoms with van der Waals surface area (Å²) >= 11 is 0. The molecule has 0 saturated carbocycles. The molecule has 0 aliphatic heterocycles. The smallest absolute Gasteiger partial charge is 0.264 e. The van der Waals surface area contributed by atoms with Gasteiger partial charge in [0.1, 0.15) is 5.75 Å². The SMILES string of the molecule is CCCCOc1cccc(C(=O)Nc2ccc(S(=O)(=O)Nc3nc(C)cc(C)n3)cc2)c1. The van der Waals surface area contributed by atoms with Gasteiger partial charge < -0.3 is 10.1 Å². The van der Waals surface area contributed by atoms with E-state index in [-0.39, 0.29) is 16.8 Å². The fraction of sp³-hybridized carbons (Fsp3) is 0.261. The quantitative estimate of drug-likeness (QED) is 0.466. The Morgan fingerprint density at radius 3 is 2.34 bits per heavy atom. The average Bonchev–Trinajstić information content (AvgIpc) is 2.73. The van der Waals surface area contributed by atoms with E-state index in [9.17, 15) is 13.2 Å². The summed E-state index contributed by atoms with van der Waals surface area (Å²) in [5.41, 5.74) is 2.24. The van der Waals surface area contributed by atoms with E-state index < -0.39 is 10.0 Å². The molecular weight excluding hydrogens is 428 g/mol. The molecular formula is C23H26N4O4S. The second-order valence-electron chi connectivity index (χ2n) is 7.29. The molecule has 0 radical (unpaired) electrons. The highest BCUT2D eigenvalue weighted by Crippen LogP contribution is 2.19. The largest absolute Gasteiger partial charge is 0.494 e. The van der Waals surface area contributed by atoms with Crippen molar-refractivity contribution in [3.05, 3.63) is 71.5 Å². The third kappa shape index (κ3) is 6.27. The minimum absolute atomic E-state index is 0.0147. The molecule has 0 fully saturated rings. The Morgan fingerprint density at radius 1 is 1.00 bits per heavy atom. The number of hydrogen-bond donors (Lipinski definition) is 2. The number of nitrogens with zero attached hydrogens (tertiary/aromatic N) is 2. The van der Waals surface area contributed by atoms with Gasteiger partial charge in [-0.05, 0) is 68.8 Å². The number of carbonyl (C=O) groups excluding carboxylic acids is 1. The Bertz CT molecular complexity index is 1170. The molecule has 1 heterocycles. The van der Waals surface area contributed by atoms with Gasteiger partial charge in [-0.3, -0.25) is 4.79 Å². The fourth-order valence-electron chi connectivity index (χ4n) is 2.93. The van der Waals surface area contributed by atoms with Gasteiger partial charge in [0.2, 0.25) is 5.95 Å². The molecule has 0 bridgehead atoms. The third-order valence-corrected chi connectivity index (χ3v) is 5.84. The van der Waals surface area contributed by atoms with Crippen molar-refractivity contribution < 1.29 is 17.9 Å². The Morgan fingerprint density at radius 2 is 1.69 bits per heavy atom. The van der Waals surface area contributed by atoms with E-state index in [1.54, 1.807) is 44.2 Å². The number of aryl methyl sites for hydroxylation is 2. The monoisotopic (exact) mass is 454 g/mol. The van der Waals surface area contributed by atoms with Crippen LogP contribution < -0.4 is 14.8 Å². The number of anilines is 2. The van der Waals surface area contributed by atoms with E-state index >= 15 is 0 Å². The van der Waals surface area contributed by atoms with Crippen LogP contribution in [0.2, 0.25) is 0 Å². The predicted octanol–water partition coefficient (Wildman–Crippen LogP) is 4.33. The number of carbonyl (C=O) groups is 1. The Balaban J connectivity index is 1.67. The minimum Gasteiger partial charge on any atom is -0.494 e. The van der Waals surface area contributed by atoms with Gasteiger partial charge in [0.25, 0.3) is 15.9 Å². The molecule has 0 aliphatic carbocycles.